The first-order chi connectivity index (χ1) is 9.75. The van der Waals surface area contributed by atoms with Crippen LogP contribution < -0.4 is 0 Å². The number of thiophene rings is 2. The van der Waals surface area contributed by atoms with Crippen LogP contribution in [0.25, 0.3) is 16.3 Å². The molecule has 0 unspecified atom stereocenters. The summed E-state index contributed by atoms with van der Waals surface area (Å²) in [7, 11) is 0. The normalized spacial score (nSPS) is 13.6. The maximum absolute atomic E-state index is 10.3. The van der Waals surface area contributed by atoms with Crippen molar-refractivity contribution in [2.75, 3.05) is 0 Å². The summed E-state index contributed by atoms with van der Waals surface area (Å²) in [6.07, 6.45) is 0. The van der Waals surface area contributed by atoms with Crippen LogP contribution >= 0.6 is 22.7 Å². The fourth-order valence-corrected chi connectivity index (χ4v) is 3.90. The molecule has 0 fully saturated rings. The Balaban J connectivity index is 1.95. The highest BCUT2D eigenvalue weighted by molar-refractivity contribution is 7.13. The first kappa shape index (κ1) is 11.7. The van der Waals surface area contributed by atoms with Crippen LogP contribution in [0.3, 0.4) is 0 Å². The Morgan fingerprint density at radius 2 is 1.75 bits per heavy atom. The van der Waals surface area contributed by atoms with Gasteiger partial charge in [-0.2, -0.15) is 0 Å². The summed E-state index contributed by atoms with van der Waals surface area (Å²) in [4.78, 5) is 9.73. The molecule has 3 nitrogen and oxygen atoms in total. The zero-order valence-electron chi connectivity index (χ0n) is 10.4. The number of aromatic hydroxyl groups is 1. The van der Waals surface area contributed by atoms with Crippen LogP contribution in [-0.2, 0) is 0 Å². The van der Waals surface area contributed by atoms with E-state index in [2.05, 4.69) is 16.6 Å². The Morgan fingerprint density at radius 1 is 1.05 bits per heavy atom. The number of aromatic nitrogens is 1. The van der Waals surface area contributed by atoms with Crippen molar-refractivity contribution < 1.29 is 5.11 Å². The molecule has 0 bridgehead atoms. The monoisotopic (exact) mass is 298 g/mol. The average Bonchev–Trinajstić information content (AvgIpc) is 3.17. The highest BCUT2D eigenvalue weighted by Gasteiger charge is 2.30. The van der Waals surface area contributed by atoms with E-state index in [-0.39, 0.29) is 5.88 Å². The molecule has 4 heterocycles. The molecule has 0 saturated heterocycles. The molecular formula is C15H10N2OS2. The van der Waals surface area contributed by atoms with Crippen molar-refractivity contribution in [2.45, 2.75) is 0 Å². The van der Waals surface area contributed by atoms with E-state index in [0.717, 1.165) is 32.3 Å². The molecule has 3 aromatic heterocycles. The first-order valence-corrected chi connectivity index (χ1v) is 7.82. The van der Waals surface area contributed by atoms with Gasteiger partial charge in [0.25, 0.3) is 0 Å². The van der Waals surface area contributed by atoms with Crippen molar-refractivity contribution >= 4 is 34.1 Å². The number of hydrogen-bond donors (Lipinski definition) is 2. The molecule has 1 aliphatic rings. The number of aliphatic imine (C=N–C) groups is 1. The van der Waals surface area contributed by atoms with Crippen molar-refractivity contribution in [1.29, 1.82) is 0 Å². The van der Waals surface area contributed by atoms with Gasteiger partial charge in [-0.1, -0.05) is 18.7 Å². The molecule has 0 atom stereocenters. The van der Waals surface area contributed by atoms with Gasteiger partial charge in [-0.25, -0.2) is 4.99 Å². The van der Waals surface area contributed by atoms with Crippen LogP contribution in [0.2, 0.25) is 0 Å². The molecule has 3 aromatic rings. The van der Waals surface area contributed by atoms with Crippen LogP contribution in [-0.4, -0.2) is 15.8 Å². The van der Waals surface area contributed by atoms with Gasteiger partial charge in [0.1, 0.15) is 0 Å². The van der Waals surface area contributed by atoms with E-state index < -0.39 is 0 Å². The summed E-state index contributed by atoms with van der Waals surface area (Å²) >= 11 is 3.23. The molecule has 20 heavy (non-hydrogen) atoms. The fourth-order valence-electron chi connectivity index (χ4n) is 2.45. The lowest BCUT2D eigenvalue weighted by Crippen LogP contribution is -1.96. The molecule has 5 heteroatoms. The number of rotatable bonds is 2. The number of hydrogen-bond acceptors (Lipinski definition) is 4. The number of aromatic amines is 1. The molecule has 1 aliphatic heterocycles. The summed E-state index contributed by atoms with van der Waals surface area (Å²) in [5, 5.41) is 14.3. The van der Waals surface area contributed by atoms with E-state index in [9.17, 15) is 5.11 Å². The lowest BCUT2D eigenvalue weighted by molar-refractivity contribution is 0.456. The van der Waals surface area contributed by atoms with Gasteiger partial charge in [0.2, 0.25) is 0 Å². The summed E-state index contributed by atoms with van der Waals surface area (Å²) in [6.45, 7) is 4.03. The lowest BCUT2D eigenvalue weighted by atomic mass is 10.1. The van der Waals surface area contributed by atoms with E-state index in [1.165, 1.54) is 0 Å². The fraction of sp³-hybridized carbons (Fsp3) is 0. The summed E-state index contributed by atoms with van der Waals surface area (Å²) < 4.78 is 0. The molecule has 0 spiro atoms. The van der Waals surface area contributed by atoms with Crippen molar-refractivity contribution in [3.05, 3.63) is 57.6 Å². The third kappa shape index (κ3) is 1.54. The predicted octanol–water partition coefficient (Wildman–Crippen LogP) is 4.33. The highest BCUT2D eigenvalue weighted by Crippen LogP contribution is 2.43. The van der Waals surface area contributed by atoms with Crippen LogP contribution in [0.15, 0.2) is 46.6 Å². The number of nitrogens with one attached hydrogen (secondary N) is 1. The van der Waals surface area contributed by atoms with E-state index >= 15 is 0 Å². The Morgan fingerprint density at radius 3 is 2.40 bits per heavy atom. The Labute approximate surface area is 123 Å². The van der Waals surface area contributed by atoms with Gasteiger partial charge >= 0.3 is 0 Å². The SMILES string of the molecule is C=C1N=C(c2cccs2)c2c(O)[nH]c(-c3cccs3)c21. The first-order valence-electron chi connectivity index (χ1n) is 6.06. The third-order valence-electron chi connectivity index (χ3n) is 3.27. The maximum atomic E-state index is 10.3. The molecule has 0 aliphatic carbocycles. The van der Waals surface area contributed by atoms with Crippen molar-refractivity contribution in [2.24, 2.45) is 4.99 Å². The van der Waals surface area contributed by atoms with Crippen LogP contribution in [0, 0.1) is 0 Å². The smallest absolute Gasteiger partial charge is 0.199 e. The lowest BCUT2D eigenvalue weighted by Gasteiger charge is -1.97. The predicted molar refractivity (Wildman–Crippen MR) is 84.8 cm³/mol. The second kappa shape index (κ2) is 4.19. The minimum Gasteiger partial charge on any atom is -0.494 e. The molecule has 0 saturated carbocycles. The molecule has 0 amide bonds. The molecule has 0 radical (unpaired) electrons. The third-order valence-corrected chi connectivity index (χ3v) is 5.04. The Hall–Kier alpha value is -2.11. The van der Waals surface area contributed by atoms with Gasteiger partial charge in [0, 0.05) is 5.56 Å². The van der Waals surface area contributed by atoms with Crippen LogP contribution in [0.4, 0.5) is 0 Å². The summed E-state index contributed by atoms with van der Waals surface area (Å²) in [5.41, 5.74) is 4.07. The molecule has 4 rings (SSSR count). The van der Waals surface area contributed by atoms with E-state index in [1.54, 1.807) is 22.7 Å². The molecule has 98 valence electrons. The molecular weight excluding hydrogens is 288 g/mol. The average molecular weight is 298 g/mol. The zero-order valence-corrected chi connectivity index (χ0v) is 12.0. The quantitative estimate of drug-likeness (QED) is 0.726. The summed E-state index contributed by atoms with van der Waals surface area (Å²) in [6, 6.07) is 7.99. The number of fused-ring (bicyclic) bond motifs is 1. The highest BCUT2D eigenvalue weighted by atomic mass is 32.1. The van der Waals surface area contributed by atoms with Crippen LogP contribution in [0.5, 0.6) is 5.88 Å². The number of H-pyrrole nitrogens is 1. The van der Waals surface area contributed by atoms with Crippen LogP contribution in [0.1, 0.15) is 16.0 Å². The van der Waals surface area contributed by atoms with E-state index in [0.29, 0.717) is 5.70 Å². The zero-order chi connectivity index (χ0) is 13.7. The van der Waals surface area contributed by atoms with Gasteiger partial charge in [0.15, 0.2) is 5.88 Å². The van der Waals surface area contributed by atoms with Gasteiger partial charge in [-0.3, -0.25) is 0 Å². The molecule has 2 N–H and O–H groups in total. The van der Waals surface area contributed by atoms with E-state index in [4.69, 9.17) is 0 Å². The van der Waals surface area contributed by atoms with Crippen molar-refractivity contribution in [3.8, 4) is 16.5 Å². The Bertz CT molecular complexity index is 824. The van der Waals surface area contributed by atoms with Crippen molar-refractivity contribution in [3.63, 3.8) is 0 Å². The van der Waals surface area contributed by atoms with Gasteiger partial charge < -0.3 is 10.1 Å². The number of nitrogens with zero attached hydrogens (tertiary/aromatic N) is 1. The van der Waals surface area contributed by atoms with Gasteiger partial charge in [-0.15, -0.1) is 22.7 Å². The van der Waals surface area contributed by atoms with Gasteiger partial charge in [0.05, 0.1) is 32.4 Å². The minimum atomic E-state index is 0.161. The second-order valence-electron chi connectivity index (χ2n) is 4.46. The second-order valence-corrected chi connectivity index (χ2v) is 6.36. The maximum Gasteiger partial charge on any atom is 0.199 e. The van der Waals surface area contributed by atoms with E-state index in [1.807, 2.05) is 35.0 Å². The summed E-state index contributed by atoms with van der Waals surface area (Å²) in [5.74, 6) is 0.161. The van der Waals surface area contributed by atoms with Crippen molar-refractivity contribution in [1.82, 2.24) is 4.98 Å². The topological polar surface area (TPSA) is 48.4 Å². The minimum absolute atomic E-state index is 0.161. The van der Waals surface area contributed by atoms with Gasteiger partial charge in [-0.05, 0) is 22.9 Å². The Kier molecular flexibility index (Phi) is 2.45. The largest absolute Gasteiger partial charge is 0.494 e. The standard InChI is InChI=1S/C15H10N2OS2/c1-8-11-12(14(16-8)10-5-3-7-20-10)15(18)17-13(11)9-4-2-6-19-9/h2-7,17-18H,1H2. The molecule has 0 aromatic carbocycles.